The lowest BCUT2D eigenvalue weighted by Crippen LogP contribution is -2.54. The van der Waals surface area contributed by atoms with Crippen LogP contribution >= 0.6 is 27.7 Å². The van der Waals surface area contributed by atoms with E-state index in [1.54, 1.807) is 18.2 Å². The van der Waals surface area contributed by atoms with E-state index >= 15 is 0 Å². The minimum absolute atomic E-state index is 0.101. The van der Waals surface area contributed by atoms with Crippen molar-refractivity contribution < 1.29 is 28.7 Å². The Hall–Kier alpha value is -1.75. The van der Waals surface area contributed by atoms with Gasteiger partial charge in [-0.05, 0) is 31.4 Å². The molecular weight excluding hydrogens is 488 g/mol. The van der Waals surface area contributed by atoms with Crippen LogP contribution in [0.2, 0.25) is 0 Å². The van der Waals surface area contributed by atoms with Crippen LogP contribution in [0.3, 0.4) is 0 Å². The molecule has 3 rings (SSSR count). The summed E-state index contributed by atoms with van der Waals surface area (Å²) in [5.41, 5.74) is 0.614. The van der Waals surface area contributed by atoms with E-state index in [-0.39, 0.29) is 18.7 Å². The number of benzene rings is 1. The van der Waals surface area contributed by atoms with Crippen molar-refractivity contribution in [1.29, 1.82) is 0 Å². The number of nitrogens with zero attached hydrogens (tertiary/aromatic N) is 1. The summed E-state index contributed by atoms with van der Waals surface area (Å²) in [6.45, 7) is 2.51. The van der Waals surface area contributed by atoms with Gasteiger partial charge in [0.05, 0.1) is 17.7 Å². The first kappa shape index (κ1) is 23.9. The maximum absolute atomic E-state index is 13.0. The number of carbonyl (C=O) groups excluding carboxylic acids is 4. The fraction of sp³-hybridized carbons (Fsp3) is 0.524. The molecule has 10 heteroatoms. The van der Waals surface area contributed by atoms with Crippen molar-refractivity contribution in [3.05, 3.63) is 29.3 Å². The van der Waals surface area contributed by atoms with Crippen LogP contribution in [-0.2, 0) is 19.1 Å². The Balaban J connectivity index is 1.51. The molecule has 2 heterocycles. The zero-order valence-electron chi connectivity index (χ0n) is 17.1. The largest absolute Gasteiger partial charge is 0.381 e. The lowest BCUT2D eigenvalue weighted by atomic mass is 10.0. The Morgan fingerprint density at radius 1 is 1.03 bits per heavy atom. The van der Waals surface area contributed by atoms with Gasteiger partial charge in [-0.3, -0.25) is 29.4 Å². The number of fused-ring (bicyclic) bond motifs is 1. The molecule has 0 aromatic heterocycles. The molecule has 1 atom stereocenters. The van der Waals surface area contributed by atoms with E-state index in [1.165, 1.54) is 11.8 Å². The fourth-order valence-electron chi connectivity index (χ4n) is 3.44. The summed E-state index contributed by atoms with van der Waals surface area (Å²) in [5.74, 6) is -1.35. The zero-order chi connectivity index (χ0) is 22.2. The third kappa shape index (κ3) is 5.94. The SMILES string of the molecule is O=C1CCC(N2C(=O)c3cccc(SCCOCCCOCCCBr)c3C2=O)C(=O)N1. The summed E-state index contributed by atoms with van der Waals surface area (Å²) in [6.07, 6.45) is 2.05. The number of carbonyl (C=O) groups is 4. The molecule has 0 bridgehead atoms. The predicted molar refractivity (Wildman–Crippen MR) is 119 cm³/mol. The van der Waals surface area contributed by atoms with Crippen molar-refractivity contribution in [1.82, 2.24) is 10.2 Å². The van der Waals surface area contributed by atoms with Crippen molar-refractivity contribution in [3.63, 3.8) is 0 Å². The van der Waals surface area contributed by atoms with E-state index in [1.807, 2.05) is 0 Å². The predicted octanol–water partition coefficient (Wildman–Crippen LogP) is 2.39. The van der Waals surface area contributed by atoms with Gasteiger partial charge < -0.3 is 9.47 Å². The van der Waals surface area contributed by atoms with Crippen molar-refractivity contribution in [2.75, 3.05) is 37.5 Å². The summed E-state index contributed by atoms with van der Waals surface area (Å²) in [6, 6.07) is 4.16. The normalized spacial score (nSPS) is 18.5. The van der Waals surface area contributed by atoms with Crippen LogP contribution in [0.25, 0.3) is 0 Å². The number of hydrogen-bond acceptors (Lipinski definition) is 7. The number of piperidine rings is 1. The van der Waals surface area contributed by atoms with Gasteiger partial charge in [-0.15, -0.1) is 11.8 Å². The van der Waals surface area contributed by atoms with Crippen LogP contribution in [0.5, 0.6) is 0 Å². The van der Waals surface area contributed by atoms with Gasteiger partial charge in [-0.2, -0.15) is 0 Å². The molecule has 1 aromatic carbocycles. The lowest BCUT2D eigenvalue weighted by molar-refractivity contribution is -0.136. The first-order valence-corrected chi connectivity index (χ1v) is 12.3. The molecule has 2 aliphatic heterocycles. The van der Waals surface area contributed by atoms with Crippen LogP contribution in [-0.4, -0.2) is 72.1 Å². The molecule has 0 aliphatic carbocycles. The second-order valence-electron chi connectivity index (χ2n) is 7.10. The van der Waals surface area contributed by atoms with Crippen LogP contribution in [0, 0.1) is 0 Å². The summed E-state index contributed by atoms with van der Waals surface area (Å²) in [4.78, 5) is 51.1. The number of ether oxygens (including phenoxy) is 2. The molecular formula is C21H25BrN2O6S. The second kappa shape index (κ2) is 11.8. The summed E-state index contributed by atoms with van der Waals surface area (Å²) >= 11 is 4.79. The van der Waals surface area contributed by atoms with E-state index in [0.717, 1.165) is 29.7 Å². The quantitative estimate of drug-likeness (QED) is 0.198. The number of hydrogen-bond donors (Lipinski definition) is 1. The minimum Gasteiger partial charge on any atom is -0.381 e. The molecule has 4 amide bonds. The third-order valence-electron chi connectivity index (χ3n) is 4.91. The molecule has 1 fully saturated rings. The number of halogens is 1. The molecule has 1 saturated heterocycles. The maximum Gasteiger partial charge on any atom is 0.263 e. The highest BCUT2D eigenvalue weighted by atomic mass is 79.9. The molecule has 0 spiro atoms. The molecule has 2 aliphatic rings. The lowest BCUT2D eigenvalue weighted by Gasteiger charge is -2.27. The minimum atomic E-state index is -0.956. The van der Waals surface area contributed by atoms with Gasteiger partial charge >= 0.3 is 0 Å². The number of rotatable bonds is 12. The van der Waals surface area contributed by atoms with Crippen LogP contribution in [0.1, 0.15) is 46.4 Å². The van der Waals surface area contributed by atoms with E-state index in [2.05, 4.69) is 21.2 Å². The molecule has 0 saturated carbocycles. The number of thioether (sulfide) groups is 1. The van der Waals surface area contributed by atoms with Crippen molar-refractivity contribution in [2.24, 2.45) is 0 Å². The molecule has 1 aromatic rings. The molecule has 0 radical (unpaired) electrons. The fourth-order valence-corrected chi connectivity index (χ4v) is 4.60. The van der Waals surface area contributed by atoms with Gasteiger partial charge in [0.2, 0.25) is 11.8 Å². The monoisotopic (exact) mass is 512 g/mol. The van der Waals surface area contributed by atoms with Gasteiger partial charge in [-0.25, -0.2) is 0 Å². The molecule has 168 valence electrons. The maximum atomic E-state index is 13.0. The second-order valence-corrected chi connectivity index (χ2v) is 9.02. The first-order valence-electron chi connectivity index (χ1n) is 10.2. The van der Waals surface area contributed by atoms with Gasteiger partial charge in [-0.1, -0.05) is 22.0 Å². The van der Waals surface area contributed by atoms with E-state index in [9.17, 15) is 19.2 Å². The van der Waals surface area contributed by atoms with E-state index in [0.29, 0.717) is 41.6 Å². The summed E-state index contributed by atoms with van der Waals surface area (Å²) < 4.78 is 11.1. The molecule has 8 nitrogen and oxygen atoms in total. The van der Waals surface area contributed by atoms with Crippen molar-refractivity contribution in [2.45, 2.75) is 36.6 Å². The summed E-state index contributed by atoms with van der Waals surface area (Å²) in [7, 11) is 0. The number of imide groups is 2. The standard InChI is InChI=1S/C21H25BrN2O6S/c22-8-2-9-29-10-3-11-30-12-13-31-16-5-1-4-14-18(16)21(28)24(20(14)27)15-6-7-17(25)23-19(15)26/h1,4-5,15H,2-3,6-13H2,(H,23,25,26). The van der Waals surface area contributed by atoms with Gasteiger partial charge in [0, 0.05) is 42.2 Å². The van der Waals surface area contributed by atoms with Crippen molar-refractivity contribution in [3.8, 4) is 0 Å². The Morgan fingerprint density at radius 2 is 1.77 bits per heavy atom. The van der Waals surface area contributed by atoms with Crippen LogP contribution < -0.4 is 5.32 Å². The summed E-state index contributed by atoms with van der Waals surface area (Å²) in [5, 5.41) is 3.14. The average molecular weight is 513 g/mol. The Kier molecular flexibility index (Phi) is 9.06. The van der Waals surface area contributed by atoms with Gasteiger partial charge in [0.15, 0.2) is 0 Å². The molecule has 1 unspecified atom stereocenters. The zero-order valence-corrected chi connectivity index (χ0v) is 19.5. The smallest absolute Gasteiger partial charge is 0.263 e. The van der Waals surface area contributed by atoms with Gasteiger partial charge in [0.1, 0.15) is 6.04 Å². The van der Waals surface area contributed by atoms with Crippen molar-refractivity contribution >= 4 is 51.3 Å². The number of amides is 4. The van der Waals surface area contributed by atoms with E-state index < -0.39 is 23.8 Å². The van der Waals surface area contributed by atoms with Crippen LogP contribution in [0.15, 0.2) is 23.1 Å². The topological polar surface area (TPSA) is 102 Å². The molecule has 31 heavy (non-hydrogen) atoms. The van der Waals surface area contributed by atoms with Crippen LogP contribution in [0.4, 0.5) is 0 Å². The first-order chi connectivity index (χ1) is 15.0. The highest BCUT2D eigenvalue weighted by Gasteiger charge is 2.45. The highest BCUT2D eigenvalue weighted by Crippen LogP contribution is 2.34. The Labute approximate surface area is 193 Å². The Morgan fingerprint density at radius 3 is 2.52 bits per heavy atom. The van der Waals surface area contributed by atoms with E-state index in [4.69, 9.17) is 9.47 Å². The Bertz CT molecular complexity index is 849. The van der Waals surface area contributed by atoms with Gasteiger partial charge in [0.25, 0.3) is 11.8 Å². The highest BCUT2D eigenvalue weighted by molar-refractivity contribution is 9.09. The number of alkyl halides is 1. The number of nitrogens with one attached hydrogen (secondary N) is 1. The third-order valence-corrected chi connectivity index (χ3v) is 6.50. The average Bonchev–Trinajstić information content (AvgIpc) is 3.01. The molecule has 1 N–H and O–H groups in total.